The van der Waals surface area contributed by atoms with E-state index < -0.39 is 17.7 Å². The second-order valence-electron chi connectivity index (χ2n) is 6.02. The highest BCUT2D eigenvalue weighted by Crippen LogP contribution is 2.33. The molecular formula is C19H15F3N2O3. The number of halogens is 3. The quantitative estimate of drug-likeness (QED) is 0.709. The number of hydrogen-bond donors (Lipinski definition) is 1. The number of oxazole rings is 1. The Kier molecular flexibility index (Phi) is 4.65. The number of anilines is 1. The molecular weight excluding hydrogens is 361 g/mol. The first-order chi connectivity index (χ1) is 12.7. The molecule has 0 atom stereocenters. The Morgan fingerprint density at radius 1 is 1.00 bits per heavy atom. The first-order valence-corrected chi connectivity index (χ1v) is 7.86. The van der Waals surface area contributed by atoms with Crippen LogP contribution in [-0.4, -0.2) is 30.2 Å². The number of alkyl halides is 3. The SMILES string of the molecule is CN(C)c1ccc(-c2oc(-c3ccc(C(F)(F)F)cc3)nc2C(=O)O)cc1. The second-order valence-corrected chi connectivity index (χ2v) is 6.02. The number of aromatic nitrogens is 1. The van der Waals surface area contributed by atoms with E-state index in [2.05, 4.69) is 4.98 Å². The van der Waals surface area contributed by atoms with Crippen LogP contribution in [0.15, 0.2) is 52.9 Å². The largest absolute Gasteiger partial charge is 0.476 e. The van der Waals surface area contributed by atoms with Crippen LogP contribution in [0.5, 0.6) is 0 Å². The molecule has 0 aliphatic carbocycles. The van der Waals surface area contributed by atoms with Gasteiger partial charge in [0.15, 0.2) is 11.5 Å². The Bertz CT molecular complexity index is 959. The zero-order valence-electron chi connectivity index (χ0n) is 14.4. The Morgan fingerprint density at radius 2 is 1.56 bits per heavy atom. The third kappa shape index (κ3) is 3.79. The molecule has 0 radical (unpaired) electrons. The van der Waals surface area contributed by atoms with Gasteiger partial charge in [-0.3, -0.25) is 0 Å². The van der Waals surface area contributed by atoms with E-state index in [9.17, 15) is 23.1 Å². The summed E-state index contributed by atoms with van der Waals surface area (Å²) >= 11 is 0. The van der Waals surface area contributed by atoms with E-state index in [0.717, 1.165) is 17.8 Å². The highest BCUT2D eigenvalue weighted by Gasteiger charge is 2.30. The molecule has 0 fully saturated rings. The van der Waals surface area contributed by atoms with Crippen molar-refractivity contribution in [3.05, 3.63) is 59.8 Å². The number of benzene rings is 2. The monoisotopic (exact) mass is 376 g/mol. The number of hydrogen-bond acceptors (Lipinski definition) is 4. The fraction of sp³-hybridized carbons (Fsp3) is 0.158. The first-order valence-electron chi connectivity index (χ1n) is 7.86. The molecule has 1 N–H and O–H groups in total. The van der Waals surface area contributed by atoms with E-state index in [-0.39, 0.29) is 22.9 Å². The minimum absolute atomic E-state index is 0.0442. The van der Waals surface area contributed by atoms with Gasteiger partial charge in [0.25, 0.3) is 0 Å². The van der Waals surface area contributed by atoms with Crippen LogP contribution in [0.25, 0.3) is 22.8 Å². The van der Waals surface area contributed by atoms with Gasteiger partial charge in [-0.05, 0) is 48.5 Å². The van der Waals surface area contributed by atoms with Crippen molar-refractivity contribution >= 4 is 11.7 Å². The standard InChI is InChI=1S/C19H15F3N2O3/c1-24(2)14-9-5-11(6-10-14)16-15(18(25)26)23-17(27-16)12-3-7-13(8-4-12)19(20,21)22/h3-10H,1-2H3,(H,25,26). The van der Waals surface area contributed by atoms with Crippen molar-refractivity contribution in [1.82, 2.24) is 4.98 Å². The minimum atomic E-state index is -4.46. The van der Waals surface area contributed by atoms with Gasteiger partial charge in [-0.2, -0.15) is 13.2 Å². The fourth-order valence-corrected chi connectivity index (χ4v) is 2.50. The normalized spacial score (nSPS) is 11.4. The summed E-state index contributed by atoms with van der Waals surface area (Å²) in [7, 11) is 3.74. The highest BCUT2D eigenvalue weighted by atomic mass is 19.4. The lowest BCUT2D eigenvalue weighted by Gasteiger charge is -2.12. The Labute approximate surface area is 152 Å². The van der Waals surface area contributed by atoms with Crippen LogP contribution in [-0.2, 0) is 6.18 Å². The van der Waals surface area contributed by atoms with Gasteiger partial charge in [-0.1, -0.05) is 0 Å². The number of rotatable bonds is 4. The molecule has 0 saturated heterocycles. The summed E-state index contributed by atoms with van der Waals surface area (Å²) < 4.78 is 43.6. The molecule has 27 heavy (non-hydrogen) atoms. The van der Waals surface area contributed by atoms with Gasteiger partial charge in [0.2, 0.25) is 5.89 Å². The summed E-state index contributed by atoms with van der Waals surface area (Å²) in [6, 6.07) is 11.1. The molecule has 0 bridgehead atoms. The van der Waals surface area contributed by atoms with Gasteiger partial charge in [0, 0.05) is 30.9 Å². The summed E-state index contributed by atoms with van der Waals surface area (Å²) in [6.45, 7) is 0. The zero-order chi connectivity index (χ0) is 19.8. The lowest BCUT2D eigenvalue weighted by Crippen LogP contribution is -2.08. The predicted octanol–water partition coefficient (Wildman–Crippen LogP) is 4.79. The highest BCUT2D eigenvalue weighted by molar-refractivity contribution is 5.93. The molecule has 3 aromatic rings. The molecule has 3 rings (SSSR count). The third-order valence-electron chi connectivity index (χ3n) is 3.93. The average Bonchev–Trinajstić information content (AvgIpc) is 3.07. The van der Waals surface area contributed by atoms with Crippen LogP contribution in [0.4, 0.5) is 18.9 Å². The maximum atomic E-state index is 12.7. The van der Waals surface area contributed by atoms with Crippen molar-refractivity contribution in [2.24, 2.45) is 0 Å². The van der Waals surface area contributed by atoms with E-state index in [1.165, 1.54) is 12.1 Å². The third-order valence-corrected chi connectivity index (χ3v) is 3.93. The molecule has 1 aromatic heterocycles. The maximum Gasteiger partial charge on any atom is 0.416 e. The maximum absolute atomic E-state index is 12.7. The molecule has 5 nitrogen and oxygen atoms in total. The summed E-state index contributed by atoms with van der Waals surface area (Å²) in [5, 5.41) is 9.40. The van der Waals surface area contributed by atoms with Crippen molar-refractivity contribution in [2.75, 3.05) is 19.0 Å². The lowest BCUT2D eigenvalue weighted by atomic mass is 10.1. The van der Waals surface area contributed by atoms with Crippen molar-refractivity contribution in [3.63, 3.8) is 0 Å². The van der Waals surface area contributed by atoms with Crippen molar-refractivity contribution in [2.45, 2.75) is 6.18 Å². The van der Waals surface area contributed by atoms with E-state index >= 15 is 0 Å². The number of carboxylic acids is 1. The number of carbonyl (C=O) groups is 1. The minimum Gasteiger partial charge on any atom is -0.476 e. The molecule has 1 heterocycles. The Hall–Kier alpha value is -3.29. The second kappa shape index (κ2) is 6.79. The molecule has 0 aliphatic rings. The molecule has 0 spiro atoms. The average molecular weight is 376 g/mol. The van der Waals surface area contributed by atoms with Crippen molar-refractivity contribution in [3.8, 4) is 22.8 Å². The molecule has 0 unspecified atom stereocenters. The van der Waals surface area contributed by atoms with Crippen LogP contribution in [0.1, 0.15) is 16.1 Å². The van der Waals surface area contributed by atoms with E-state index in [0.29, 0.717) is 5.56 Å². The molecule has 2 aromatic carbocycles. The molecule has 0 aliphatic heterocycles. The molecule has 0 amide bonds. The number of nitrogens with zero attached hydrogens (tertiary/aromatic N) is 2. The van der Waals surface area contributed by atoms with Crippen LogP contribution >= 0.6 is 0 Å². The molecule has 140 valence electrons. The topological polar surface area (TPSA) is 66.6 Å². The van der Waals surface area contributed by atoms with Gasteiger partial charge in [0.05, 0.1) is 5.56 Å². The summed E-state index contributed by atoms with van der Waals surface area (Å²) in [5.74, 6) is -1.31. The summed E-state index contributed by atoms with van der Waals surface area (Å²) in [4.78, 5) is 17.4. The van der Waals surface area contributed by atoms with Gasteiger partial charge in [0.1, 0.15) is 0 Å². The van der Waals surface area contributed by atoms with Crippen molar-refractivity contribution in [1.29, 1.82) is 0 Å². The first kappa shape index (κ1) is 18.5. The summed E-state index contributed by atoms with van der Waals surface area (Å²) in [5.41, 5.74) is 0.557. The van der Waals surface area contributed by atoms with E-state index in [4.69, 9.17) is 4.42 Å². The smallest absolute Gasteiger partial charge is 0.416 e. The van der Waals surface area contributed by atoms with Gasteiger partial charge < -0.3 is 14.4 Å². The van der Waals surface area contributed by atoms with Gasteiger partial charge in [-0.15, -0.1) is 0 Å². The lowest BCUT2D eigenvalue weighted by molar-refractivity contribution is -0.137. The van der Waals surface area contributed by atoms with Crippen LogP contribution in [0, 0.1) is 0 Å². The Morgan fingerprint density at radius 3 is 2.04 bits per heavy atom. The van der Waals surface area contributed by atoms with Gasteiger partial charge >= 0.3 is 12.1 Å². The van der Waals surface area contributed by atoms with E-state index in [1.807, 2.05) is 19.0 Å². The van der Waals surface area contributed by atoms with E-state index in [1.54, 1.807) is 24.3 Å². The van der Waals surface area contributed by atoms with Crippen molar-refractivity contribution < 1.29 is 27.5 Å². The Balaban J connectivity index is 2.02. The number of carboxylic acid groups (broad SMARTS) is 1. The number of aromatic carboxylic acids is 1. The van der Waals surface area contributed by atoms with Crippen LogP contribution in [0.3, 0.4) is 0 Å². The van der Waals surface area contributed by atoms with Crippen LogP contribution < -0.4 is 4.90 Å². The fourth-order valence-electron chi connectivity index (χ4n) is 2.50. The van der Waals surface area contributed by atoms with Crippen LogP contribution in [0.2, 0.25) is 0 Å². The zero-order valence-corrected chi connectivity index (χ0v) is 14.4. The molecule has 8 heteroatoms. The predicted molar refractivity (Wildman–Crippen MR) is 93.7 cm³/mol. The van der Waals surface area contributed by atoms with Gasteiger partial charge in [-0.25, -0.2) is 9.78 Å². The molecule has 0 saturated carbocycles. The summed E-state index contributed by atoms with van der Waals surface area (Å²) in [6.07, 6.45) is -4.46.